The maximum absolute atomic E-state index is 11.7. The number of thiol groups is 1. The molecule has 0 aromatic heterocycles. The zero-order valence-electron chi connectivity index (χ0n) is 20.0. The largest absolute Gasteiger partial charge is 0.505 e. The first kappa shape index (κ1) is 28.8. The van der Waals surface area contributed by atoms with E-state index in [1.165, 1.54) is 56.6 Å². The van der Waals surface area contributed by atoms with Gasteiger partial charge in [-0.2, -0.15) is 12.6 Å². The van der Waals surface area contributed by atoms with Crippen molar-refractivity contribution in [1.82, 2.24) is 0 Å². The van der Waals surface area contributed by atoms with Gasteiger partial charge in [0.25, 0.3) is 0 Å². The van der Waals surface area contributed by atoms with Crippen molar-refractivity contribution in [2.24, 2.45) is 17.8 Å². The lowest BCUT2D eigenvalue weighted by molar-refractivity contribution is -0.137. The van der Waals surface area contributed by atoms with Crippen LogP contribution in [0, 0.1) is 17.8 Å². The summed E-state index contributed by atoms with van der Waals surface area (Å²) in [6, 6.07) is 0. The van der Waals surface area contributed by atoms with Crippen molar-refractivity contribution in [3.05, 3.63) is 35.8 Å². The Labute approximate surface area is 191 Å². The number of esters is 1. The van der Waals surface area contributed by atoms with Gasteiger partial charge in [0, 0.05) is 5.75 Å². The highest BCUT2D eigenvalue weighted by atomic mass is 32.1. The Morgan fingerprint density at radius 2 is 1.53 bits per heavy atom. The molecule has 4 heteroatoms. The summed E-state index contributed by atoms with van der Waals surface area (Å²) < 4.78 is 4.92. The molecule has 0 saturated carbocycles. The molecule has 0 saturated heterocycles. The Balaban J connectivity index is 3.89. The van der Waals surface area contributed by atoms with Crippen molar-refractivity contribution in [3.63, 3.8) is 0 Å². The van der Waals surface area contributed by atoms with E-state index in [1.807, 2.05) is 6.08 Å². The topological polar surface area (TPSA) is 46.5 Å². The molecule has 0 amide bonds. The highest BCUT2D eigenvalue weighted by Crippen LogP contribution is 2.22. The minimum Gasteiger partial charge on any atom is -0.505 e. The monoisotopic (exact) mass is 438 g/mol. The quantitative estimate of drug-likeness (QED) is 0.0791. The summed E-state index contributed by atoms with van der Waals surface area (Å²) in [4.78, 5) is 11.7. The fraction of sp³-hybridized carbons (Fsp3) is 0.731. The molecule has 0 heterocycles. The maximum atomic E-state index is 11.7. The summed E-state index contributed by atoms with van der Waals surface area (Å²) in [6.07, 6.45) is 17.9. The van der Waals surface area contributed by atoms with Gasteiger partial charge in [0.1, 0.15) is 12.0 Å². The third kappa shape index (κ3) is 18.8. The number of hydrogen-bond donors (Lipinski definition) is 2. The van der Waals surface area contributed by atoms with Crippen LogP contribution in [-0.2, 0) is 9.53 Å². The fourth-order valence-electron chi connectivity index (χ4n) is 3.45. The molecular formula is C26H46O3S. The highest BCUT2D eigenvalue weighted by molar-refractivity contribution is 7.80. The number of rotatable bonds is 17. The first-order valence-electron chi connectivity index (χ1n) is 11.8. The Hall–Kier alpha value is -1.16. The number of carbonyl (C=O) groups is 1. The molecular weight excluding hydrogens is 392 g/mol. The molecule has 0 aromatic carbocycles. The van der Waals surface area contributed by atoms with E-state index < -0.39 is 0 Å². The molecule has 2 unspecified atom stereocenters. The average molecular weight is 439 g/mol. The van der Waals surface area contributed by atoms with Crippen LogP contribution in [0.25, 0.3) is 0 Å². The summed E-state index contributed by atoms with van der Waals surface area (Å²) in [5.74, 6) is 2.52. The predicted octanol–water partition coefficient (Wildman–Crippen LogP) is 8.19. The van der Waals surface area contributed by atoms with E-state index in [9.17, 15) is 9.90 Å². The van der Waals surface area contributed by atoms with Gasteiger partial charge in [0.15, 0.2) is 0 Å². The number of carbonyl (C=O) groups excluding carboxylic acids is 1. The Kier molecular flexibility index (Phi) is 17.9. The van der Waals surface area contributed by atoms with Crippen LogP contribution < -0.4 is 0 Å². The first-order chi connectivity index (χ1) is 14.2. The van der Waals surface area contributed by atoms with Gasteiger partial charge in [-0.05, 0) is 43.6 Å². The lowest BCUT2D eigenvalue weighted by Gasteiger charge is -2.15. The van der Waals surface area contributed by atoms with Crippen molar-refractivity contribution in [3.8, 4) is 0 Å². The molecule has 3 nitrogen and oxygen atoms in total. The molecule has 0 bridgehead atoms. The van der Waals surface area contributed by atoms with Crippen molar-refractivity contribution in [2.75, 3.05) is 5.75 Å². The van der Waals surface area contributed by atoms with E-state index in [1.54, 1.807) is 6.08 Å². The van der Waals surface area contributed by atoms with E-state index in [2.05, 4.69) is 47.2 Å². The van der Waals surface area contributed by atoms with E-state index in [4.69, 9.17) is 4.74 Å². The van der Waals surface area contributed by atoms with Crippen LogP contribution in [-0.4, -0.2) is 16.8 Å². The smallest absolute Gasteiger partial charge is 0.314 e. The Morgan fingerprint density at radius 3 is 2.10 bits per heavy atom. The lowest BCUT2D eigenvalue weighted by Crippen LogP contribution is -2.00. The third-order valence-electron chi connectivity index (χ3n) is 5.46. The zero-order valence-corrected chi connectivity index (χ0v) is 20.9. The molecule has 0 aliphatic heterocycles. The number of aliphatic hydroxyl groups is 1. The standard InChI is InChI=1S/C26H46O3S/c1-21(2)10-6-11-22(3)12-7-13-23(4)14-8-15-24(5)17-18-26(28)29-20-25(27)16-9-19-30/h9,16-17,20-23,27,30H,6-8,10-15,18-19H2,1-5H3/b16-9-,24-17+,25-20+. The number of aliphatic hydroxyl groups excluding tert-OH is 1. The second-order valence-electron chi connectivity index (χ2n) is 9.23. The highest BCUT2D eigenvalue weighted by Gasteiger charge is 2.07. The molecule has 0 rings (SSSR count). The van der Waals surface area contributed by atoms with Gasteiger partial charge in [-0.1, -0.05) is 90.4 Å². The second kappa shape index (κ2) is 18.6. The lowest BCUT2D eigenvalue weighted by atomic mass is 9.91. The molecule has 0 aromatic rings. The number of ether oxygens (including phenoxy) is 1. The predicted molar refractivity (Wildman–Crippen MR) is 133 cm³/mol. The van der Waals surface area contributed by atoms with Crippen LogP contribution in [0.15, 0.2) is 35.8 Å². The van der Waals surface area contributed by atoms with Gasteiger partial charge < -0.3 is 9.84 Å². The summed E-state index contributed by atoms with van der Waals surface area (Å²) in [5, 5.41) is 9.47. The maximum Gasteiger partial charge on any atom is 0.314 e. The van der Waals surface area contributed by atoms with E-state index in [0.717, 1.165) is 36.9 Å². The van der Waals surface area contributed by atoms with Crippen molar-refractivity contribution >= 4 is 18.6 Å². The zero-order chi connectivity index (χ0) is 22.8. The molecule has 0 fully saturated rings. The van der Waals surface area contributed by atoms with Gasteiger partial charge in [-0.15, -0.1) is 0 Å². The summed E-state index contributed by atoms with van der Waals surface area (Å²) >= 11 is 4.00. The molecule has 0 spiro atoms. The van der Waals surface area contributed by atoms with E-state index in [-0.39, 0.29) is 18.1 Å². The molecule has 30 heavy (non-hydrogen) atoms. The van der Waals surface area contributed by atoms with E-state index in [0.29, 0.717) is 5.75 Å². The normalized spacial score (nSPS) is 15.0. The van der Waals surface area contributed by atoms with Crippen LogP contribution in [0.5, 0.6) is 0 Å². The molecule has 174 valence electrons. The first-order valence-corrected chi connectivity index (χ1v) is 12.4. The van der Waals surface area contributed by atoms with Crippen molar-refractivity contribution in [1.29, 1.82) is 0 Å². The average Bonchev–Trinajstić information content (AvgIpc) is 2.68. The Bertz CT molecular complexity index is 534. The summed E-state index contributed by atoms with van der Waals surface area (Å²) in [6.45, 7) is 11.5. The Morgan fingerprint density at radius 1 is 0.967 bits per heavy atom. The minimum absolute atomic E-state index is 0.0861. The number of allylic oxidation sites excluding steroid dienone is 2. The van der Waals surface area contributed by atoms with Gasteiger partial charge >= 0.3 is 5.97 Å². The van der Waals surface area contributed by atoms with Gasteiger partial charge in [-0.3, -0.25) is 4.79 Å². The molecule has 0 radical (unpaired) electrons. The van der Waals surface area contributed by atoms with Crippen LogP contribution in [0.3, 0.4) is 0 Å². The summed E-state index contributed by atoms with van der Waals surface area (Å²) in [5.41, 5.74) is 1.22. The van der Waals surface area contributed by atoms with Crippen molar-refractivity contribution < 1.29 is 14.6 Å². The van der Waals surface area contributed by atoms with Crippen LogP contribution >= 0.6 is 12.6 Å². The van der Waals surface area contributed by atoms with Crippen LogP contribution in [0.4, 0.5) is 0 Å². The van der Waals surface area contributed by atoms with Crippen LogP contribution in [0.1, 0.15) is 98.8 Å². The van der Waals surface area contributed by atoms with E-state index >= 15 is 0 Å². The molecule has 1 N–H and O–H groups in total. The molecule has 0 aliphatic carbocycles. The van der Waals surface area contributed by atoms with Gasteiger partial charge in [0.05, 0.1) is 6.42 Å². The minimum atomic E-state index is -0.365. The van der Waals surface area contributed by atoms with Gasteiger partial charge in [0.2, 0.25) is 0 Å². The molecule has 0 aliphatic rings. The third-order valence-corrected chi connectivity index (χ3v) is 5.67. The second-order valence-corrected chi connectivity index (χ2v) is 9.60. The summed E-state index contributed by atoms with van der Waals surface area (Å²) in [7, 11) is 0. The van der Waals surface area contributed by atoms with Gasteiger partial charge in [-0.25, -0.2) is 0 Å². The van der Waals surface area contributed by atoms with Crippen molar-refractivity contribution in [2.45, 2.75) is 98.8 Å². The fourth-order valence-corrected chi connectivity index (χ4v) is 3.56. The SMILES string of the molecule is C/C(=C\CC(=O)O/C=C(O)\C=C/CS)CCCC(C)CCCC(C)CCCC(C)C. The van der Waals surface area contributed by atoms with Crippen LogP contribution in [0.2, 0.25) is 0 Å². The molecule has 2 atom stereocenters. The number of hydrogen-bond acceptors (Lipinski definition) is 4.